The van der Waals surface area contributed by atoms with Gasteiger partial charge in [-0.2, -0.15) is 0 Å². The quantitative estimate of drug-likeness (QED) is 0.645. The molecule has 0 radical (unpaired) electrons. The van der Waals surface area contributed by atoms with E-state index < -0.39 is 11.9 Å². The van der Waals surface area contributed by atoms with Crippen LogP contribution in [0.4, 0.5) is 16.2 Å². The van der Waals surface area contributed by atoms with E-state index in [4.69, 9.17) is 17.3 Å². The third-order valence-electron chi connectivity index (χ3n) is 3.86. The summed E-state index contributed by atoms with van der Waals surface area (Å²) in [6.07, 6.45) is 0. The molecule has 0 unspecified atom stereocenters. The smallest absolute Gasteiger partial charge is 0.323 e. The van der Waals surface area contributed by atoms with Crippen molar-refractivity contribution in [2.45, 2.75) is 6.92 Å². The van der Waals surface area contributed by atoms with Gasteiger partial charge >= 0.3 is 6.03 Å². The van der Waals surface area contributed by atoms with Crippen LogP contribution in [0.25, 0.3) is 10.8 Å². The summed E-state index contributed by atoms with van der Waals surface area (Å²) in [6, 6.07) is 15.7. The molecular formula is C19H16ClN3O2. The Morgan fingerprint density at radius 1 is 0.960 bits per heavy atom. The van der Waals surface area contributed by atoms with Crippen molar-refractivity contribution in [3.05, 3.63) is 70.7 Å². The summed E-state index contributed by atoms with van der Waals surface area (Å²) < 4.78 is 0. The largest absolute Gasteiger partial charge is 0.366 e. The predicted octanol–water partition coefficient (Wildman–Crippen LogP) is 4.54. The lowest BCUT2D eigenvalue weighted by atomic mass is 10.0. The number of aryl methyl sites for hydroxylation is 1. The van der Waals surface area contributed by atoms with Gasteiger partial charge in [-0.05, 0) is 41.5 Å². The molecule has 3 aromatic rings. The molecule has 0 heterocycles. The Morgan fingerprint density at radius 3 is 2.28 bits per heavy atom. The molecule has 0 saturated carbocycles. The van der Waals surface area contributed by atoms with Gasteiger partial charge in [0.1, 0.15) is 0 Å². The summed E-state index contributed by atoms with van der Waals surface area (Å²) in [5.74, 6) is -0.616. The number of carbonyl (C=O) groups excluding carboxylic acids is 2. The summed E-state index contributed by atoms with van der Waals surface area (Å²) in [7, 11) is 0. The zero-order valence-corrected chi connectivity index (χ0v) is 14.2. The molecule has 0 aromatic heterocycles. The van der Waals surface area contributed by atoms with Gasteiger partial charge in [0.15, 0.2) is 0 Å². The first-order valence-corrected chi connectivity index (χ1v) is 7.99. The van der Waals surface area contributed by atoms with Gasteiger partial charge in [-0.1, -0.05) is 48.0 Å². The van der Waals surface area contributed by atoms with Gasteiger partial charge in [-0.25, -0.2) is 4.79 Å². The fourth-order valence-corrected chi connectivity index (χ4v) is 2.87. The first-order valence-electron chi connectivity index (χ1n) is 7.61. The van der Waals surface area contributed by atoms with Crippen molar-refractivity contribution < 1.29 is 9.59 Å². The summed E-state index contributed by atoms with van der Waals surface area (Å²) >= 11 is 6.12. The minimum Gasteiger partial charge on any atom is -0.366 e. The number of carbonyl (C=O) groups is 2. The van der Waals surface area contributed by atoms with Crippen LogP contribution >= 0.6 is 11.6 Å². The molecule has 5 nitrogen and oxygen atoms in total. The first kappa shape index (κ1) is 16.8. The van der Waals surface area contributed by atoms with E-state index in [1.807, 2.05) is 37.3 Å². The molecule has 3 aromatic carbocycles. The molecule has 0 fully saturated rings. The maximum absolute atomic E-state index is 12.4. The lowest BCUT2D eigenvalue weighted by molar-refractivity contribution is 0.100. The van der Waals surface area contributed by atoms with Crippen molar-refractivity contribution in [2.75, 3.05) is 10.6 Å². The van der Waals surface area contributed by atoms with Crippen LogP contribution in [-0.4, -0.2) is 11.9 Å². The number of hydrogen-bond donors (Lipinski definition) is 3. The monoisotopic (exact) mass is 353 g/mol. The second-order valence-corrected chi connectivity index (χ2v) is 6.03. The number of amides is 3. The SMILES string of the molecule is Cc1cccc(Cl)c1NC(=O)Nc1cc2ccccc2cc1C(N)=O. The number of nitrogens with one attached hydrogen (secondary N) is 2. The van der Waals surface area contributed by atoms with Crippen molar-refractivity contribution in [3.63, 3.8) is 0 Å². The second-order valence-electron chi connectivity index (χ2n) is 5.62. The highest BCUT2D eigenvalue weighted by molar-refractivity contribution is 6.34. The third kappa shape index (κ3) is 3.56. The maximum atomic E-state index is 12.4. The van der Waals surface area contributed by atoms with Gasteiger partial charge in [0, 0.05) is 0 Å². The number of anilines is 2. The lowest BCUT2D eigenvalue weighted by Crippen LogP contribution is -2.23. The van der Waals surface area contributed by atoms with E-state index >= 15 is 0 Å². The topological polar surface area (TPSA) is 84.2 Å². The standard InChI is InChI=1S/C19H16ClN3O2/c1-11-5-4-8-15(20)17(11)23-19(25)22-16-10-13-7-3-2-6-12(13)9-14(16)18(21)24/h2-10H,1H3,(H2,21,24)(H2,22,23,25). The average molecular weight is 354 g/mol. The number of nitrogens with two attached hydrogens (primary N) is 1. The minimum absolute atomic E-state index is 0.240. The molecule has 0 aliphatic rings. The fraction of sp³-hybridized carbons (Fsp3) is 0.0526. The third-order valence-corrected chi connectivity index (χ3v) is 4.17. The molecule has 0 bridgehead atoms. The van der Waals surface area contributed by atoms with Crippen LogP contribution in [0.3, 0.4) is 0 Å². The van der Waals surface area contributed by atoms with Gasteiger partial charge in [0.05, 0.1) is 22.0 Å². The number of hydrogen-bond acceptors (Lipinski definition) is 2. The van der Waals surface area contributed by atoms with Crippen molar-refractivity contribution in [2.24, 2.45) is 5.73 Å². The molecule has 3 amide bonds. The Kier molecular flexibility index (Phi) is 4.59. The van der Waals surface area contributed by atoms with Crippen LogP contribution < -0.4 is 16.4 Å². The zero-order chi connectivity index (χ0) is 18.0. The van der Waals surface area contributed by atoms with Crippen LogP contribution in [0.5, 0.6) is 0 Å². The van der Waals surface area contributed by atoms with Gasteiger partial charge in [0.25, 0.3) is 5.91 Å². The summed E-state index contributed by atoms with van der Waals surface area (Å²) in [5, 5.41) is 7.57. The average Bonchev–Trinajstić information content (AvgIpc) is 2.57. The first-order chi connectivity index (χ1) is 12.0. The highest BCUT2D eigenvalue weighted by Gasteiger charge is 2.14. The summed E-state index contributed by atoms with van der Waals surface area (Å²) in [6.45, 7) is 1.84. The van der Waals surface area contributed by atoms with Gasteiger partial charge < -0.3 is 16.4 Å². The van der Waals surface area contributed by atoms with Crippen LogP contribution in [0, 0.1) is 6.92 Å². The van der Waals surface area contributed by atoms with Crippen molar-refractivity contribution in [1.82, 2.24) is 0 Å². The molecule has 6 heteroatoms. The maximum Gasteiger partial charge on any atom is 0.323 e. The molecule has 4 N–H and O–H groups in total. The number of urea groups is 1. The molecule has 0 atom stereocenters. The highest BCUT2D eigenvalue weighted by atomic mass is 35.5. The molecule has 0 spiro atoms. The van der Waals surface area contributed by atoms with Crippen LogP contribution in [0.1, 0.15) is 15.9 Å². The van der Waals surface area contributed by atoms with E-state index in [0.717, 1.165) is 16.3 Å². The lowest BCUT2D eigenvalue weighted by Gasteiger charge is -2.14. The molecule has 0 aliphatic carbocycles. The number of primary amides is 1. The Labute approximate surface area is 149 Å². The van der Waals surface area contributed by atoms with Crippen molar-refractivity contribution in [3.8, 4) is 0 Å². The number of halogens is 1. The van der Waals surface area contributed by atoms with E-state index in [1.165, 1.54) is 0 Å². The van der Waals surface area contributed by atoms with Crippen molar-refractivity contribution >= 4 is 45.7 Å². The molecule has 3 rings (SSSR count). The number of para-hydroxylation sites is 1. The van der Waals surface area contributed by atoms with Gasteiger partial charge in [0.2, 0.25) is 0 Å². The van der Waals surface area contributed by atoms with E-state index in [9.17, 15) is 9.59 Å². The van der Waals surface area contributed by atoms with Crippen LogP contribution in [-0.2, 0) is 0 Å². The fourth-order valence-electron chi connectivity index (χ4n) is 2.60. The number of rotatable bonds is 3. The Balaban J connectivity index is 1.92. The van der Waals surface area contributed by atoms with E-state index in [2.05, 4.69) is 10.6 Å². The molecular weight excluding hydrogens is 338 g/mol. The van der Waals surface area contributed by atoms with Gasteiger partial charge in [-0.3, -0.25) is 4.79 Å². The van der Waals surface area contributed by atoms with E-state index in [0.29, 0.717) is 16.4 Å². The Bertz CT molecular complexity index is 965. The minimum atomic E-state index is -0.616. The normalized spacial score (nSPS) is 10.5. The van der Waals surface area contributed by atoms with E-state index in [1.54, 1.807) is 24.3 Å². The molecule has 0 aliphatic heterocycles. The Morgan fingerprint density at radius 2 is 1.64 bits per heavy atom. The Hall–Kier alpha value is -3.05. The molecule has 0 saturated heterocycles. The summed E-state index contributed by atoms with van der Waals surface area (Å²) in [4.78, 5) is 24.1. The van der Waals surface area contributed by atoms with Gasteiger partial charge in [-0.15, -0.1) is 0 Å². The van der Waals surface area contributed by atoms with Crippen LogP contribution in [0.15, 0.2) is 54.6 Å². The zero-order valence-electron chi connectivity index (χ0n) is 13.5. The number of fused-ring (bicyclic) bond motifs is 1. The van der Waals surface area contributed by atoms with E-state index in [-0.39, 0.29) is 5.56 Å². The predicted molar refractivity (Wildman–Crippen MR) is 101 cm³/mol. The molecule has 25 heavy (non-hydrogen) atoms. The number of benzene rings is 3. The van der Waals surface area contributed by atoms with Crippen LogP contribution in [0.2, 0.25) is 5.02 Å². The summed E-state index contributed by atoms with van der Waals surface area (Å²) in [5.41, 5.74) is 7.38. The highest BCUT2D eigenvalue weighted by Crippen LogP contribution is 2.27. The second kappa shape index (κ2) is 6.83. The van der Waals surface area contributed by atoms with Crippen molar-refractivity contribution in [1.29, 1.82) is 0 Å². The molecule has 126 valence electrons.